The molecule has 0 atom stereocenters. The zero-order chi connectivity index (χ0) is 11.8. The lowest BCUT2D eigenvalue weighted by Crippen LogP contribution is -2.05. The molecule has 1 aromatic rings. The smallest absolute Gasteiger partial charge is 0.221 e. The fraction of sp³-hybridized carbons (Fsp3) is 0.222. The van der Waals surface area contributed by atoms with Gasteiger partial charge in [-0.05, 0) is 55.8 Å². The number of nitrogens with one attached hydrogen (secondary N) is 1. The molecule has 0 spiro atoms. The largest absolute Gasteiger partial charge is 0.400 e. The summed E-state index contributed by atoms with van der Waals surface area (Å²) in [6, 6.07) is 5.49. The highest BCUT2D eigenvalue weighted by atomic mass is 79.9. The Labute approximate surface area is 106 Å². The molecule has 1 amide bonds. The van der Waals surface area contributed by atoms with Crippen molar-refractivity contribution in [2.45, 2.75) is 11.8 Å². The summed E-state index contributed by atoms with van der Waals surface area (Å²) in [5, 5.41) is 9.69. The van der Waals surface area contributed by atoms with Crippen molar-refractivity contribution in [2.75, 3.05) is 12.4 Å². The molecule has 1 rings (SSSR count). The van der Waals surface area contributed by atoms with Crippen LogP contribution in [-0.4, -0.2) is 18.1 Å². The predicted octanol–water partition coefficient (Wildman–Crippen LogP) is 3.26. The van der Waals surface area contributed by atoms with Crippen LogP contribution in [-0.2, 0) is 4.79 Å². The summed E-state index contributed by atoms with van der Waals surface area (Å²) < 4.78 is 0.827. The lowest BCUT2D eigenvalue weighted by molar-refractivity contribution is -0.114. The van der Waals surface area contributed by atoms with Crippen LogP contribution in [0.1, 0.15) is 6.92 Å². The first kappa shape index (κ1) is 14.8. The van der Waals surface area contributed by atoms with Gasteiger partial charge in [0.2, 0.25) is 5.91 Å². The second-order valence-electron chi connectivity index (χ2n) is 2.40. The molecular formula is C9H11BrClNO2S. The fourth-order valence-electron chi connectivity index (χ4n) is 0.835. The molecular weight excluding hydrogens is 302 g/mol. The van der Waals surface area contributed by atoms with Crippen LogP contribution in [0.15, 0.2) is 27.6 Å². The molecule has 84 valence electrons. The standard InChI is InChI=1S/C8H7BrClNOS.CH4O/c1-5(12)11-8-3-2-6(13-10)4-7(8)9;1-2/h2-4H,1H3,(H,11,12);2H,1H3. The van der Waals surface area contributed by atoms with Crippen molar-refractivity contribution >= 4 is 49.2 Å². The van der Waals surface area contributed by atoms with Crippen molar-refractivity contribution in [3.8, 4) is 0 Å². The number of halogens is 2. The van der Waals surface area contributed by atoms with Crippen LogP contribution in [0.4, 0.5) is 5.69 Å². The van der Waals surface area contributed by atoms with Gasteiger partial charge in [-0.1, -0.05) is 0 Å². The van der Waals surface area contributed by atoms with Crippen molar-refractivity contribution in [1.82, 2.24) is 0 Å². The van der Waals surface area contributed by atoms with E-state index in [4.69, 9.17) is 15.8 Å². The molecule has 2 N–H and O–H groups in total. The number of aliphatic hydroxyl groups is 1. The molecule has 0 unspecified atom stereocenters. The van der Waals surface area contributed by atoms with E-state index in [9.17, 15) is 4.79 Å². The van der Waals surface area contributed by atoms with Gasteiger partial charge in [0.25, 0.3) is 0 Å². The Hall–Kier alpha value is -0.230. The number of carbonyl (C=O) groups is 1. The van der Waals surface area contributed by atoms with Gasteiger partial charge in [-0.3, -0.25) is 4.79 Å². The molecule has 0 aliphatic heterocycles. The first-order valence-electron chi connectivity index (χ1n) is 3.94. The molecule has 0 radical (unpaired) electrons. The maximum absolute atomic E-state index is 10.8. The molecule has 0 aromatic heterocycles. The minimum absolute atomic E-state index is 0.0908. The van der Waals surface area contributed by atoms with E-state index in [0.717, 1.165) is 33.1 Å². The Kier molecular flexibility index (Phi) is 7.86. The van der Waals surface area contributed by atoms with E-state index in [1.54, 1.807) is 6.07 Å². The summed E-state index contributed by atoms with van der Waals surface area (Å²) >= 11 is 3.33. The van der Waals surface area contributed by atoms with Gasteiger partial charge in [-0.15, -0.1) is 0 Å². The van der Waals surface area contributed by atoms with Gasteiger partial charge in [0, 0.05) is 23.4 Å². The highest BCUT2D eigenvalue weighted by Gasteiger charge is 2.02. The molecule has 15 heavy (non-hydrogen) atoms. The monoisotopic (exact) mass is 311 g/mol. The second-order valence-corrected chi connectivity index (χ2v) is 4.34. The first-order chi connectivity index (χ1) is 7.13. The number of amides is 1. The van der Waals surface area contributed by atoms with E-state index >= 15 is 0 Å². The molecule has 6 heteroatoms. The third kappa shape index (κ3) is 5.41. The van der Waals surface area contributed by atoms with Gasteiger partial charge < -0.3 is 10.4 Å². The van der Waals surface area contributed by atoms with E-state index in [1.807, 2.05) is 12.1 Å². The summed E-state index contributed by atoms with van der Waals surface area (Å²) in [7, 11) is 7.71. The fourth-order valence-corrected chi connectivity index (χ4v) is 2.03. The second kappa shape index (κ2) is 7.98. The van der Waals surface area contributed by atoms with Crippen LogP contribution in [0.5, 0.6) is 0 Å². The molecule has 0 aliphatic rings. The van der Waals surface area contributed by atoms with E-state index in [0.29, 0.717) is 0 Å². The van der Waals surface area contributed by atoms with Crippen molar-refractivity contribution in [2.24, 2.45) is 0 Å². The Morgan fingerprint density at radius 3 is 2.53 bits per heavy atom. The average molecular weight is 313 g/mol. The van der Waals surface area contributed by atoms with Crippen LogP contribution >= 0.6 is 37.6 Å². The minimum Gasteiger partial charge on any atom is -0.400 e. The molecule has 0 heterocycles. The van der Waals surface area contributed by atoms with Gasteiger partial charge >= 0.3 is 0 Å². The minimum atomic E-state index is -0.0908. The molecule has 0 saturated carbocycles. The van der Waals surface area contributed by atoms with E-state index in [-0.39, 0.29) is 5.91 Å². The Balaban J connectivity index is 0.000000921. The summed E-state index contributed by atoms with van der Waals surface area (Å²) in [6.45, 7) is 1.47. The van der Waals surface area contributed by atoms with Crippen molar-refractivity contribution in [3.63, 3.8) is 0 Å². The van der Waals surface area contributed by atoms with Crippen LogP contribution in [0.25, 0.3) is 0 Å². The lowest BCUT2D eigenvalue weighted by Gasteiger charge is -2.05. The molecule has 0 aliphatic carbocycles. The zero-order valence-corrected chi connectivity index (χ0v) is 11.4. The maximum atomic E-state index is 10.8. The Morgan fingerprint density at radius 2 is 2.13 bits per heavy atom. The van der Waals surface area contributed by atoms with E-state index < -0.39 is 0 Å². The number of anilines is 1. The van der Waals surface area contributed by atoms with Gasteiger partial charge in [-0.25, -0.2) is 0 Å². The van der Waals surface area contributed by atoms with Crippen molar-refractivity contribution in [1.29, 1.82) is 0 Å². The number of carbonyl (C=O) groups excluding carboxylic acids is 1. The lowest BCUT2D eigenvalue weighted by atomic mass is 10.3. The highest BCUT2D eigenvalue weighted by Crippen LogP contribution is 2.30. The van der Waals surface area contributed by atoms with Crippen molar-refractivity contribution < 1.29 is 9.90 Å². The summed E-state index contributed by atoms with van der Waals surface area (Å²) in [6.07, 6.45) is 0. The van der Waals surface area contributed by atoms with Crippen molar-refractivity contribution in [3.05, 3.63) is 22.7 Å². The number of hydrogen-bond acceptors (Lipinski definition) is 3. The van der Waals surface area contributed by atoms with Crippen LogP contribution in [0, 0.1) is 0 Å². The Morgan fingerprint density at radius 1 is 1.53 bits per heavy atom. The Bertz CT molecular complexity index is 336. The highest BCUT2D eigenvalue weighted by molar-refractivity contribution is 9.10. The topological polar surface area (TPSA) is 49.3 Å². The summed E-state index contributed by atoms with van der Waals surface area (Å²) in [4.78, 5) is 11.7. The predicted molar refractivity (Wildman–Crippen MR) is 68.3 cm³/mol. The number of aliphatic hydroxyl groups excluding tert-OH is 1. The zero-order valence-electron chi connectivity index (χ0n) is 8.25. The number of rotatable bonds is 2. The van der Waals surface area contributed by atoms with Gasteiger partial charge in [0.1, 0.15) is 0 Å². The third-order valence-corrected chi connectivity index (χ3v) is 2.96. The molecule has 1 aromatic carbocycles. The first-order valence-corrected chi connectivity index (χ1v) is 6.37. The van der Waals surface area contributed by atoms with Gasteiger partial charge in [-0.2, -0.15) is 0 Å². The quantitative estimate of drug-likeness (QED) is 0.881. The summed E-state index contributed by atoms with van der Waals surface area (Å²) in [5.74, 6) is -0.0908. The maximum Gasteiger partial charge on any atom is 0.221 e. The average Bonchev–Trinajstić information content (AvgIpc) is 2.23. The number of benzene rings is 1. The number of hydrogen-bond donors (Lipinski definition) is 2. The summed E-state index contributed by atoms with van der Waals surface area (Å²) in [5.41, 5.74) is 0.752. The molecule has 0 saturated heterocycles. The third-order valence-electron chi connectivity index (χ3n) is 1.34. The molecule has 3 nitrogen and oxygen atoms in total. The SMILES string of the molecule is CC(=O)Nc1ccc(SCl)cc1Br.CO. The normalized spacial score (nSPS) is 8.87. The van der Waals surface area contributed by atoms with E-state index in [2.05, 4.69) is 21.2 Å². The van der Waals surface area contributed by atoms with Crippen LogP contribution in [0.2, 0.25) is 0 Å². The van der Waals surface area contributed by atoms with Crippen LogP contribution < -0.4 is 5.32 Å². The molecule has 0 fully saturated rings. The van der Waals surface area contributed by atoms with Crippen LogP contribution in [0.3, 0.4) is 0 Å². The molecule has 0 bridgehead atoms. The van der Waals surface area contributed by atoms with Gasteiger partial charge in [0.15, 0.2) is 0 Å². The van der Waals surface area contributed by atoms with Gasteiger partial charge in [0.05, 0.1) is 5.69 Å². The van der Waals surface area contributed by atoms with E-state index in [1.165, 1.54) is 6.92 Å².